The first kappa shape index (κ1) is 19.1. The van der Waals surface area contributed by atoms with Crippen molar-refractivity contribution in [2.75, 3.05) is 25.2 Å². The Morgan fingerprint density at radius 1 is 1.15 bits per heavy atom. The van der Waals surface area contributed by atoms with E-state index in [4.69, 9.17) is 4.74 Å². The Morgan fingerprint density at radius 2 is 1.85 bits per heavy atom. The van der Waals surface area contributed by atoms with E-state index in [1.165, 1.54) is 35.5 Å². The van der Waals surface area contributed by atoms with Gasteiger partial charge in [0.25, 0.3) is 5.91 Å². The van der Waals surface area contributed by atoms with Gasteiger partial charge in [-0.25, -0.2) is 4.98 Å². The van der Waals surface area contributed by atoms with Gasteiger partial charge in [-0.1, -0.05) is 23.5 Å². The maximum absolute atomic E-state index is 12.9. The number of aromatic nitrogens is 1. The van der Waals surface area contributed by atoms with Gasteiger partial charge in [0, 0.05) is 12.7 Å². The second kappa shape index (κ2) is 7.93. The molecule has 3 aromatic rings. The van der Waals surface area contributed by atoms with Crippen LogP contribution in [0.1, 0.15) is 10.4 Å². The van der Waals surface area contributed by atoms with Crippen LogP contribution in [0.15, 0.2) is 48.5 Å². The minimum atomic E-state index is -4.78. The minimum absolute atomic E-state index is 0.222. The summed E-state index contributed by atoms with van der Waals surface area (Å²) in [5.74, 6) is -0.771. The Morgan fingerprint density at radius 3 is 2.48 bits per heavy atom. The van der Waals surface area contributed by atoms with E-state index < -0.39 is 6.36 Å². The highest BCUT2D eigenvalue weighted by molar-refractivity contribution is 7.22. The molecular formula is C18H15F3N2O3S. The number of alkyl halides is 3. The zero-order valence-corrected chi connectivity index (χ0v) is 15.0. The maximum atomic E-state index is 12.9. The molecular weight excluding hydrogens is 381 g/mol. The van der Waals surface area contributed by atoms with Crippen molar-refractivity contribution in [1.29, 1.82) is 0 Å². The lowest BCUT2D eigenvalue weighted by Gasteiger charge is -2.19. The fourth-order valence-electron chi connectivity index (χ4n) is 2.40. The van der Waals surface area contributed by atoms with E-state index >= 15 is 0 Å². The summed E-state index contributed by atoms with van der Waals surface area (Å²) >= 11 is 1.35. The molecule has 27 heavy (non-hydrogen) atoms. The van der Waals surface area contributed by atoms with Gasteiger partial charge in [-0.3, -0.25) is 9.69 Å². The number of para-hydroxylation sites is 1. The van der Waals surface area contributed by atoms with Gasteiger partial charge in [0.1, 0.15) is 5.75 Å². The van der Waals surface area contributed by atoms with Gasteiger partial charge < -0.3 is 9.47 Å². The van der Waals surface area contributed by atoms with Crippen LogP contribution < -0.4 is 9.64 Å². The molecule has 0 bridgehead atoms. The molecule has 1 amide bonds. The summed E-state index contributed by atoms with van der Waals surface area (Å²) in [4.78, 5) is 18.8. The minimum Gasteiger partial charge on any atom is -0.406 e. The smallest absolute Gasteiger partial charge is 0.406 e. The topological polar surface area (TPSA) is 51.7 Å². The Hall–Kier alpha value is -2.65. The Balaban J connectivity index is 1.87. The van der Waals surface area contributed by atoms with Crippen molar-refractivity contribution in [3.63, 3.8) is 0 Å². The molecule has 0 atom stereocenters. The van der Waals surface area contributed by atoms with E-state index in [1.54, 1.807) is 0 Å². The van der Waals surface area contributed by atoms with Crippen LogP contribution in [0, 0.1) is 0 Å². The first-order valence-electron chi connectivity index (χ1n) is 7.89. The van der Waals surface area contributed by atoms with Crippen LogP contribution in [0.25, 0.3) is 10.2 Å². The molecule has 2 aromatic carbocycles. The Labute approximate surface area is 156 Å². The van der Waals surface area contributed by atoms with E-state index in [2.05, 4.69) is 9.72 Å². The van der Waals surface area contributed by atoms with Gasteiger partial charge >= 0.3 is 6.36 Å². The monoisotopic (exact) mass is 396 g/mol. The molecule has 0 aliphatic carbocycles. The Bertz CT molecular complexity index is 892. The molecule has 142 valence electrons. The molecule has 3 rings (SSSR count). The second-order valence-electron chi connectivity index (χ2n) is 5.49. The average Bonchev–Trinajstić information content (AvgIpc) is 3.05. The van der Waals surface area contributed by atoms with Crippen LogP contribution in [-0.4, -0.2) is 37.5 Å². The lowest BCUT2D eigenvalue weighted by molar-refractivity contribution is -0.274. The van der Waals surface area contributed by atoms with E-state index in [-0.39, 0.29) is 30.4 Å². The summed E-state index contributed by atoms with van der Waals surface area (Å²) in [6.45, 7) is 0.549. The van der Waals surface area contributed by atoms with Crippen molar-refractivity contribution in [2.24, 2.45) is 0 Å². The summed E-state index contributed by atoms with van der Waals surface area (Å²) in [5, 5.41) is 0.494. The number of thiazole rings is 1. The van der Waals surface area contributed by atoms with Crippen LogP contribution in [0.3, 0.4) is 0 Å². The number of carbonyl (C=O) groups is 1. The van der Waals surface area contributed by atoms with E-state index in [1.807, 2.05) is 24.3 Å². The third kappa shape index (κ3) is 4.75. The fourth-order valence-corrected chi connectivity index (χ4v) is 3.39. The molecule has 0 spiro atoms. The summed E-state index contributed by atoms with van der Waals surface area (Å²) in [5.41, 5.74) is 0.988. The number of carbonyl (C=O) groups excluding carboxylic acids is 1. The number of rotatable bonds is 6. The van der Waals surface area contributed by atoms with Crippen LogP contribution >= 0.6 is 11.3 Å². The number of nitrogens with zero attached hydrogens (tertiary/aromatic N) is 2. The van der Waals surface area contributed by atoms with E-state index in [0.717, 1.165) is 22.3 Å². The molecule has 9 heteroatoms. The zero-order valence-electron chi connectivity index (χ0n) is 14.2. The summed E-state index contributed by atoms with van der Waals surface area (Å²) in [6.07, 6.45) is -4.78. The standard InChI is InChI=1S/C18H15F3N2O3S/c1-25-11-10-23(17-22-14-4-2-3-5-15(14)27-17)16(24)12-6-8-13(9-7-12)26-18(19,20)21/h2-9H,10-11H2,1H3. The SMILES string of the molecule is COCCN(C(=O)c1ccc(OC(F)(F)F)cc1)c1nc2ccccc2s1. The zero-order chi connectivity index (χ0) is 19.4. The van der Waals surface area contributed by atoms with E-state index in [0.29, 0.717) is 5.13 Å². The molecule has 0 aliphatic heterocycles. The number of fused-ring (bicyclic) bond motifs is 1. The number of anilines is 1. The van der Waals surface area contributed by atoms with Crippen molar-refractivity contribution in [1.82, 2.24) is 4.98 Å². The lowest BCUT2D eigenvalue weighted by atomic mass is 10.2. The molecule has 0 saturated heterocycles. The van der Waals surface area contributed by atoms with Crippen molar-refractivity contribution >= 4 is 32.6 Å². The Kier molecular flexibility index (Phi) is 5.62. The van der Waals surface area contributed by atoms with Gasteiger partial charge in [0.05, 0.1) is 23.4 Å². The molecule has 0 saturated carbocycles. The average molecular weight is 396 g/mol. The normalized spacial score (nSPS) is 11.6. The number of hydrogen-bond donors (Lipinski definition) is 0. The van der Waals surface area contributed by atoms with Crippen molar-refractivity contribution < 1.29 is 27.4 Å². The molecule has 0 radical (unpaired) electrons. The summed E-state index contributed by atoms with van der Waals surface area (Å²) in [6, 6.07) is 12.3. The summed E-state index contributed by atoms with van der Waals surface area (Å²) in [7, 11) is 1.52. The van der Waals surface area contributed by atoms with Crippen LogP contribution in [0.4, 0.5) is 18.3 Å². The third-order valence-corrected chi connectivity index (χ3v) is 4.67. The maximum Gasteiger partial charge on any atom is 0.573 e. The number of halogens is 3. The van der Waals surface area contributed by atoms with Gasteiger partial charge in [-0.05, 0) is 36.4 Å². The highest BCUT2D eigenvalue weighted by atomic mass is 32.1. The highest BCUT2D eigenvalue weighted by Gasteiger charge is 2.31. The number of benzene rings is 2. The first-order chi connectivity index (χ1) is 12.9. The quantitative estimate of drug-likeness (QED) is 0.616. The van der Waals surface area contributed by atoms with Crippen molar-refractivity contribution in [2.45, 2.75) is 6.36 Å². The second-order valence-corrected chi connectivity index (χ2v) is 6.50. The highest BCUT2D eigenvalue weighted by Crippen LogP contribution is 2.30. The van der Waals surface area contributed by atoms with Gasteiger partial charge in [0.2, 0.25) is 0 Å². The molecule has 5 nitrogen and oxygen atoms in total. The molecule has 1 heterocycles. The van der Waals surface area contributed by atoms with Gasteiger partial charge in [-0.15, -0.1) is 13.2 Å². The van der Waals surface area contributed by atoms with Crippen molar-refractivity contribution in [3.8, 4) is 5.75 Å². The molecule has 0 N–H and O–H groups in total. The predicted molar refractivity (Wildman–Crippen MR) is 96.3 cm³/mol. The van der Waals surface area contributed by atoms with Gasteiger partial charge in [0.15, 0.2) is 5.13 Å². The molecule has 0 unspecified atom stereocenters. The van der Waals surface area contributed by atoms with Crippen molar-refractivity contribution in [3.05, 3.63) is 54.1 Å². The van der Waals surface area contributed by atoms with Gasteiger partial charge in [-0.2, -0.15) is 0 Å². The lowest BCUT2D eigenvalue weighted by Crippen LogP contribution is -2.33. The third-order valence-electron chi connectivity index (χ3n) is 3.61. The molecule has 0 aliphatic rings. The number of hydrogen-bond acceptors (Lipinski definition) is 5. The number of methoxy groups -OCH3 is 1. The van der Waals surface area contributed by atoms with Crippen LogP contribution in [0.2, 0.25) is 0 Å². The predicted octanol–water partition coefficient (Wildman–Crippen LogP) is 4.49. The molecule has 1 aromatic heterocycles. The summed E-state index contributed by atoms with van der Waals surface area (Å²) < 4.78 is 46.6. The number of ether oxygens (including phenoxy) is 2. The van der Waals surface area contributed by atoms with Crippen LogP contribution in [-0.2, 0) is 4.74 Å². The molecule has 0 fully saturated rings. The number of amides is 1. The largest absolute Gasteiger partial charge is 0.573 e. The van der Waals surface area contributed by atoms with Crippen LogP contribution in [0.5, 0.6) is 5.75 Å². The fraction of sp³-hybridized carbons (Fsp3) is 0.222. The van der Waals surface area contributed by atoms with E-state index in [9.17, 15) is 18.0 Å². The first-order valence-corrected chi connectivity index (χ1v) is 8.71.